The van der Waals surface area contributed by atoms with Gasteiger partial charge in [-0.2, -0.15) is 5.26 Å². The van der Waals surface area contributed by atoms with Crippen LogP contribution in [0.4, 0.5) is 0 Å². The summed E-state index contributed by atoms with van der Waals surface area (Å²) in [5, 5.41) is 9.10. The van der Waals surface area contributed by atoms with Crippen LogP contribution in [-0.4, -0.2) is 12.7 Å². The van der Waals surface area contributed by atoms with Gasteiger partial charge in [-0.1, -0.05) is 27.7 Å². The van der Waals surface area contributed by atoms with Crippen LogP contribution in [0.3, 0.4) is 0 Å². The van der Waals surface area contributed by atoms with Crippen molar-refractivity contribution in [3.05, 3.63) is 0 Å². The van der Waals surface area contributed by atoms with Gasteiger partial charge < -0.3 is 4.74 Å². The molecule has 0 aliphatic rings. The molecule has 0 saturated carbocycles. The first-order chi connectivity index (χ1) is 5.95. The van der Waals surface area contributed by atoms with Gasteiger partial charge in [-0.25, -0.2) is 0 Å². The molecule has 0 fully saturated rings. The minimum absolute atomic E-state index is 0.498. The lowest BCUT2D eigenvalue weighted by Crippen LogP contribution is -2.32. The largest absolute Gasteiger partial charge is 0.363 e. The highest BCUT2D eigenvalue weighted by molar-refractivity contribution is 5.02. The Bertz CT molecular complexity index is 169. The number of hydrogen-bond acceptors (Lipinski definition) is 2. The van der Waals surface area contributed by atoms with Crippen molar-refractivity contribution in [2.75, 3.05) is 7.11 Å². The number of nitriles is 1. The van der Waals surface area contributed by atoms with E-state index < -0.39 is 5.60 Å². The molecular weight excluding hydrogens is 162 g/mol. The summed E-state index contributed by atoms with van der Waals surface area (Å²) < 4.78 is 5.35. The highest BCUT2D eigenvalue weighted by Gasteiger charge is 2.31. The van der Waals surface area contributed by atoms with Gasteiger partial charge in [0.15, 0.2) is 5.60 Å². The van der Waals surface area contributed by atoms with Crippen LogP contribution in [0.15, 0.2) is 0 Å². The van der Waals surface area contributed by atoms with E-state index in [1.165, 1.54) is 0 Å². The van der Waals surface area contributed by atoms with Gasteiger partial charge in [0.1, 0.15) is 0 Å². The molecule has 0 aliphatic heterocycles. The van der Waals surface area contributed by atoms with Gasteiger partial charge in [0.25, 0.3) is 0 Å². The van der Waals surface area contributed by atoms with E-state index >= 15 is 0 Å². The Morgan fingerprint density at radius 1 is 1.15 bits per heavy atom. The maximum absolute atomic E-state index is 9.10. The summed E-state index contributed by atoms with van der Waals surface area (Å²) in [6.45, 7) is 8.47. The SMILES string of the molecule is COC(C#N)(CC(C)C)CC(C)C. The predicted octanol–water partition coefficient (Wildman–Crippen LogP) is 2.99. The average Bonchev–Trinajstić information content (AvgIpc) is 2.01. The lowest BCUT2D eigenvalue weighted by molar-refractivity contribution is 0.00535. The second kappa shape index (κ2) is 5.24. The zero-order valence-corrected chi connectivity index (χ0v) is 9.42. The molecule has 0 aromatic carbocycles. The molecule has 0 atom stereocenters. The lowest BCUT2D eigenvalue weighted by atomic mass is 9.86. The van der Waals surface area contributed by atoms with E-state index in [-0.39, 0.29) is 0 Å². The fourth-order valence-electron chi connectivity index (χ4n) is 1.71. The highest BCUT2D eigenvalue weighted by Crippen LogP contribution is 2.27. The molecule has 0 amide bonds. The molecule has 76 valence electrons. The van der Waals surface area contributed by atoms with Gasteiger partial charge in [0.2, 0.25) is 0 Å². The van der Waals surface area contributed by atoms with Gasteiger partial charge in [-0.05, 0) is 24.7 Å². The van der Waals surface area contributed by atoms with Crippen LogP contribution in [0.25, 0.3) is 0 Å². The molecule has 0 aromatic heterocycles. The molecule has 0 N–H and O–H groups in total. The van der Waals surface area contributed by atoms with E-state index in [2.05, 4.69) is 33.8 Å². The highest BCUT2D eigenvalue weighted by atomic mass is 16.5. The van der Waals surface area contributed by atoms with Crippen molar-refractivity contribution in [3.8, 4) is 6.07 Å². The van der Waals surface area contributed by atoms with E-state index in [1.807, 2.05) is 0 Å². The minimum atomic E-state index is -0.567. The minimum Gasteiger partial charge on any atom is -0.363 e. The third-order valence-corrected chi connectivity index (χ3v) is 2.07. The molecule has 0 radical (unpaired) electrons. The van der Waals surface area contributed by atoms with Gasteiger partial charge in [0, 0.05) is 7.11 Å². The van der Waals surface area contributed by atoms with Crippen LogP contribution in [0.1, 0.15) is 40.5 Å². The van der Waals surface area contributed by atoms with Crippen LogP contribution < -0.4 is 0 Å². The van der Waals surface area contributed by atoms with E-state index in [0.717, 1.165) is 12.8 Å². The standard InChI is InChI=1S/C11H21NO/c1-9(2)6-11(8-12,13-5)7-10(3)4/h9-10H,6-7H2,1-5H3. The quantitative estimate of drug-likeness (QED) is 0.656. The van der Waals surface area contributed by atoms with Crippen LogP contribution >= 0.6 is 0 Å². The average molecular weight is 183 g/mol. The zero-order valence-electron chi connectivity index (χ0n) is 9.42. The van der Waals surface area contributed by atoms with Crippen LogP contribution in [0.2, 0.25) is 0 Å². The Morgan fingerprint density at radius 3 is 1.69 bits per heavy atom. The molecule has 2 heteroatoms. The molecular formula is C11H21NO. The first-order valence-corrected chi connectivity index (χ1v) is 4.92. The van der Waals surface area contributed by atoms with Crippen LogP contribution in [-0.2, 0) is 4.74 Å². The van der Waals surface area contributed by atoms with E-state index in [1.54, 1.807) is 7.11 Å². The van der Waals surface area contributed by atoms with Crippen molar-refractivity contribution in [2.45, 2.75) is 46.1 Å². The monoisotopic (exact) mass is 183 g/mol. The number of rotatable bonds is 5. The van der Waals surface area contributed by atoms with Gasteiger partial charge in [0.05, 0.1) is 6.07 Å². The van der Waals surface area contributed by atoms with Crippen molar-refractivity contribution in [3.63, 3.8) is 0 Å². The molecule has 0 unspecified atom stereocenters. The molecule has 0 rings (SSSR count). The topological polar surface area (TPSA) is 33.0 Å². The predicted molar refractivity (Wildman–Crippen MR) is 54.3 cm³/mol. The van der Waals surface area contributed by atoms with E-state index in [0.29, 0.717) is 11.8 Å². The summed E-state index contributed by atoms with van der Waals surface area (Å²) >= 11 is 0. The first kappa shape index (κ1) is 12.4. The normalized spacial score (nSPS) is 12.2. The van der Waals surface area contributed by atoms with Crippen molar-refractivity contribution in [1.29, 1.82) is 5.26 Å². The van der Waals surface area contributed by atoms with Crippen LogP contribution in [0.5, 0.6) is 0 Å². The maximum Gasteiger partial charge on any atom is 0.154 e. The Balaban J connectivity index is 4.42. The molecule has 0 spiro atoms. The Morgan fingerprint density at radius 2 is 1.54 bits per heavy atom. The third-order valence-electron chi connectivity index (χ3n) is 2.07. The van der Waals surface area contributed by atoms with Crippen molar-refractivity contribution < 1.29 is 4.74 Å². The summed E-state index contributed by atoms with van der Waals surface area (Å²) in [6, 6.07) is 2.31. The lowest BCUT2D eigenvalue weighted by Gasteiger charge is -2.28. The summed E-state index contributed by atoms with van der Waals surface area (Å²) in [5.74, 6) is 0.997. The first-order valence-electron chi connectivity index (χ1n) is 4.92. The molecule has 0 saturated heterocycles. The number of nitrogens with zero attached hydrogens (tertiary/aromatic N) is 1. The molecule has 2 nitrogen and oxygen atoms in total. The second-order valence-corrected chi connectivity index (χ2v) is 4.51. The Labute approximate surface area is 81.9 Å². The smallest absolute Gasteiger partial charge is 0.154 e. The Hall–Kier alpha value is -0.550. The Kier molecular flexibility index (Phi) is 5.02. The molecule has 0 heterocycles. The second-order valence-electron chi connectivity index (χ2n) is 4.51. The van der Waals surface area contributed by atoms with E-state index in [9.17, 15) is 0 Å². The van der Waals surface area contributed by atoms with E-state index in [4.69, 9.17) is 10.00 Å². The fraction of sp³-hybridized carbons (Fsp3) is 0.909. The summed E-state index contributed by atoms with van der Waals surface area (Å²) in [6.07, 6.45) is 1.64. The van der Waals surface area contributed by atoms with Crippen molar-refractivity contribution >= 4 is 0 Å². The van der Waals surface area contributed by atoms with Crippen LogP contribution in [0, 0.1) is 23.2 Å². The molecule has 0 bridgehead atoms. The summed E-state index contributed by atoms with van der Waals surface area (Å²) in [5.41, 5.74) is -0.567. The molecule has 0 aliphatic carbocycles. The number of ether oxygens (including phenoxy) is 1. The van der Waals surface area contributed by atoms with Crippen molar-refractivity contribution in [2.24, 2.45) is 11.8 Å². The van der Waals surface area contributed by atoms with Gasteiger partial charge in [-0.15, -0.1) is 0 Å². The zero-order chi connectivity index (χ0) is 10.5. The maximum atomic E-state index is 9.10. The van der Waals surface area contributed by atoms with Gasteiger partial charge >= 0.3 is 0 Å². The number of hydrogen-bond donors (Lipinski definition) is 0. The van der Waals surface area contributed by atoms with Crippen molar-refractivity contribution in [1.82, 2.24) is 0 Å². The fourth-order valence-corrected chi connectivity index (χ4v) is 1.71. The van der Waals surface area contributed by atoms with Gasteiger partial charge in [-0.3, -0.25) is 0 Å². The third kappa shape index (κ3) is 4.28. The summed E-state index contributed by atoms with van der Waals surface area (Å²) in [7, 11) is 1.63. The molecule has 13 heavy (non-hydrogen) atoms. The summed E-state index contributed by atoms with van der Waals surface area (Å²) in [4.78, 5) is 0. The molecule has 0 aromatic rings. The number of methoxy groups -OCH3 is 1.